The van der Waals surface area contributed by atoms with Crippen molar-refractivity contribution >= 4 is 11.6 Å². The number of anilines is 1. The van der Waals surface area contributed by atoms with E-state index < -0.39 is 0 Å². The van der Waals surface area contributed by atoms with Gasteiger partial charge in [0.05, 0.1) is 12.6 Å². The zero-order valence-electron chi connectivity index (χ0n) is 13.9. The van der Waals surface area contributed by atoms with Gasteiger partial charge in [-0.3, -0.25) is 4.79 Å². The lowest BCUT2D eigenvalue weighted by atomic mass is 9.89. The van der Waals surface area contributed by atoms with Gasteiger partial charge in [0.1, 0.15) is 5.82 Å². The molecule has 0 bridgehead atoms. The maximum Gasteiger partial charge on any atom is 0.239 e. The fourth-order valence-corrected chi connectivity index (χ4v) is 3.18. The molecule has 0 heterocycles. The van der Waals surface area contributed by atoms with E-state index in [0.29, 0.717) is 5.69 Å². The number of nitrogens with one attached hydrogen (secondary N) is 2. The van der Waals surface area contributed by atoms with Gasteiger partial charge in [-0.2, -0.15) is 0 Å². The Labute approximate surface area is 142 Å². The number of amides is 1. The molecule has 0 spiro atoms. The predicted octanol–water partition coefficient (Wildman–Crippen LogP) is 3.99. The summed E-state index contributed by atoms with van der Waals surface area (Å²) >= 11 is 0. The number of halogens is 1. The summed E-state index contributed by atoms with van der Waals surface area (Å²) in [5.41, 5.74) is 4.59. The molecule has 126 valence electrons. The number of carbonyl (C=O) groups excluding carboxylic acids is 1. The molecular weight excluding hydrogens is 303 g/mol. The summed E-state index contributed by atoms with van der Waals surface area (Å²) < 4.78 is 13.1. The van der Waals surface area contributed by atoms with E-state index in [1.165, 1.54) is 36.1 Å². The fourth-order valence-electron chi connectivity index (χ4n) is 3.18. The first kappa shape index (κ1) is 16.5. The van der Waals surface area contributed by atoms with Crippen molar-refractivity contribution in [1.82, 2.24) is 5.32 Å². The summed E-state index contributed by atoms with van der Waals surface area (Å²) in [5, 5.41) is 5.93. The van der Waals surface area contributed by atoms with Gasteiger partial charge in [-0.15, -0.1) is 0 Å². The van der Waals surface area contributed by atoms with Gasteiger partial charge in [0.25, 0.3) is 0 Å². The van der Waals surface area contributed by atoms with Crippen molar-refractivity contribution in [1.29, 1.82) is 0 Å². The minimum Gasteiger partial charge on any atom is -0.376 e. The van der Waals surface area contributed by atoms with Crippen LogP contribution in [0.2, 0.25) is 0 Å². The van der Waals surface area contributed by atoms with Crippen LogP contribution < -0.4 is 10.6 Å². The first-order valence-corrected chi connectivity index (χ1v) is 8.52. The van der Waals surface area contributed by atoms with Crippen molar-refractivity contribution in [2.75, 3.05) is 11.9 Å². The molecule has 0 saturated heterocycles. The molecule has 3 rings (SSSR count). The Morgan fingerprint density at radius 2 is 1.92 bits per heavy atom. The van der Waals surface area contributed by atoms with E-state index in [0.717, 1.165) is 18.4 Å². The van der Waals surface area contributed by atoms with Crippen LogP contribution in [0.1, 0.15) is 42.5 Å². The lowest BCUT2D eigenvalue weighted by Gasteiger charge is -2.20. The zero-order chi connectivity index (χ0) is 16.9. The molecule has 2 aromatic carbocycles. The number of fused-ring (bicyclic) bond motifs is 1. The van der Waals surface area contributed by atoms with Gasteiger partial charge in [-0.25, -0.2) is 4.39 Å². The van der Waals surface area contributed by atoms with E-state index in [1.54, 1.807) is 12.1 Å². The predicted molar refractivity (Wildman–Crippen MR) is 94.5 cm³/mol. The van der Waals surface area contributed by atoms with Crippen LogP contribution in [0.4, 0.5) is 10.1 Å². The van der Waals surface area contributed by atoms with Gasteiger partial charge in [-0.1, -0.05) is 24.3 Å². The molecule has 2 N–H and O–H groups in total. The average Bonchev–Trinajstić information content (AvgIpc) is 2.59. The third-order valence-corrected chi connectivity index (χ3v) is 4.53. The smallest absolute Gasteiger partial charge is 0.239 e. The summed E-state index contributed by atoms with van der Waals surface area (Å²) in [6, 6.07) is 12.6. The van der Waals surface area contributed by atoms with E-state index in [9.17, 15) is 9.18 Å². The molecule has 1 aliphatic carbocycles. The Balaban J connectivity index is 1.56. The number of rotatable bonds is 5. The number of benzene rings is 2. The SMILES string of the molecule is CC(NC(=O)CNc1cccc(F)c1)c1ccc2c(c1)CCCC2. The second-order valence-electron chi connectivity index (χ2n) is 6.39. The summed E-state index contributed by atoms with van der Waals surface area (Å²) in [5.74, 6) is -0.424. The molecule has 2 aromatic rings. The van der Waals surface area contributed by atoms with Crippen LogP contribution in [-0.2, 0) is 17.6 Å². The van der Waals surface area contributed by atoms with Crippen molar-refractivity contribution in [3.63, 3.8) is 0 Å². The Morgan fingerprint density at radius 1 is 1.12 bits per heavy atom. The molecule has 24 heavy (non-hydrogen) atoms. The van der Waals surface area contributed by atoms with Gasteiger partial charge in [0, 0.05) is 5.69 Å². The largest absolute Gasteiger partial charge is 0.376 e. The third-order valence-electron chi connectivity index (χ3n) is 4.53. The summed E-state index contributed by atoms with van der Waals surface area (Å²) in [4.78, 5) is 12.1. The molecule has 3 nitrogen and oxygen atoms in total. The van der Waals surface area contributed by atoms with Crippen LogP contribution in [-0.4, -0.2) is 12.5 Å². The molecule has 1 unspecified atom stereocenters. The van der Waals surface area contributed by atoms with Crippen LogP contribution in [0, 0.1) is 5.82 Å². The quantitative estimate of drug-likeness (QED) is 0.872. The van der Waals surface area contributed by atoms with Gasteiger partial charge >= 0.3 is 0 Å². The normalized spacial score (nSPS) is 14.6. The number of aryl methyl sites for hydroxylation is 2. The van der Waals surface area contributed by atoms with Crippen LogP contribution in [0.3, 0.4) is 0 Å². The Hall–Kier alpha value is -2.36. The van der Waals surface area contributed by atoms with E-state index in [-0.39, 0.29) is 24.3 Å². The summed E-state index contributed by atoms with van der Waals surface area (Å²) in [7, 11) is 0. The third kappa shape index (κ3) is 4.13. The highest BCUT2D eigenvalue weighted by atomic mass is 19.1. The van der Waals surface area contributed by atoms with Crippen LogP contribution in [0.25, 0.3) is 0 Å². The Bertz CT molecular complexity index is 729. The molecule has 0 radical (unpaired) electrons. The first-order valence-electron chi connectivity index (χ1n) is 8.52. The van der Waals surface area contributed by atoms with Crippen molar-refractivity contribution in [3.05, 3.63) is 65.0 Å². The fraction of sp³-hybridized carbons (Fsp3) is 0.350. The molecule has 1 aliphatic rings. The first-order chi connectivity index (χ1) is 11.6. The molecule has 1 atom stereocenters. The van der Waals surface area contributed by atoms with Crippen LogP contribution >= 0.6 is 0 Å². The molecule has 0 saturated carbocycles. The van der Waals surface area contributed by atoms with Crippen molar-refractivity contribution < 1.29 is 9.18 Å². The number of carbonyl (C=O) groups is 1. The lowest BCUT2D eigenvalue weighted by Crippen LogP contribution is -2.32. The minimum absolute atomic E-state index is 0.0426. The van der Waals surface area contributed by atoms with E-state index in [4.69, 9.17) is 0 Å². The van der Waals surface area contributed by atoms with Gasteiger partial charge in [0.2, 0.25) is 5.91 Å². The highest BCUT2D eigenvalue weighted by Gasteiger charge is 2.14. The summed E-state index contributed by atoms with van der Waals surface area (Å²) in [6.07, 6.45) is 4.80. The van der Waals surface area contributed by atoms with Crippen molar-refractivity contribution in [2.24, 2.45) is 0 Å². The average molecular weight is 326 g/mol. The van der Waals surface area contributed by atoms with Crippen molar-refractivity contribution in [2.45, 2.75) is 38.6 Å². The van der Waals surface area contributed by atoms with Crippen LogP contribution in [0.5, 0.6) is 0 Å². The summed E-state index contributed by atoms with van der Waals surface area (Å²) in [6.45, 7) is 2.11. The standard InChI is InChI=1S/C20H23FN2O/c1-14(16-10-9-15-5-2-3-6-17(15)11-16)23-20(24)13-22-19-8-4-7-18(21)12-19/h4,7-12,14,22H,2-3,5-6,13H2,1H3,(H,23,24). The molecular formula is C20H23FN2O. The maximum atomic E-state index is 13.1. The van der Waals surface area contributed by atoms with Crippen molar-refractivity contribution in [3.8, 4) is 0 Å². The second kappa shape index (κ2) is 7.47. The van der Waals surface area contributed by atoms with Gasteiger partial charge < -0.3 is 10.6 Å². The van der Waals surface area contributed by atoms with E-state index in [1.807, 2.05) is 6.92 Å². The van der Waals surface area contributed by atoms with E-state index in [2.05, 4.69) is 28.8 Å². The number of hydrogen-bond donors (Lipinski definition) is 2. The molecule has 4 heteroatoms. The lowest BCUT2D eigenvalue weighted by molar-refractivity contribution is -0.120. The maximum absolute atomic E-state index is 13.1. The molecule has 0 aromatic heterocycles. The van der Waals surface area contributed by atoms with E-state index >= 15 is 0 Å². The van der Waals surface area contributed by atoms with Gasteiger partial charge in [0.15, 0.2) is 0 Å². The highest BCUT2D eigenvalue weighted by Crippen LogP contribution is 2.24. The topological polar surface area (TPSA) is 41.1 Å². The van der Waals surface area contributed by atoms with Crippen LogP contribution in [0.15, 0.2) is 42.5 Å². The highest BCUT2D eigenvalue weighted by molar-refractivity contribution is 5.81. The minimum atomic E-state index is -0.317. The Morgan fingerprint density at radius 3 is 2.71 bits per heavy atom. The molecule has 1 amide bonds. The second-order valence-corrected chi connectivity index (χ2v) is 6.39. The molecule has 0 fully saturated rings. The Kier molecular flexibility index (Phi) is 5.14. The monoisotopic (exact) mass is 326 g/mol. The molecule has 0 aliphatic heterocycles. The zero-order valence-corrected chi connectivity index (χ0v) is 13.9. The number of hydrogen-bond acceptors (Lipinski definition) is 2. The van der Waals surface area contributed by atoms with Gasteiger partial charge in [-0.05, 0) is 67.5 Å².